The van der Waals surface area contributed by atoms with Crippen LogP contribution in [0.3, 0.4) is 0 Å². The average Bonchev–Trinajstić information content (AvgIpc) is 2.48. The lowest BCUT2D eigenvalue weighted by atomic mass is 10.1. The lowest BCUT2D eigenvalue weighted by Gasteiger charge is -1.97. The van der Waals surface area contributed by atoms with Gasteiger partial charge in [0.25, 0.3) is 0 Å². The number of aromatic amines is 1. The van der Waals surface area contributed by atoms with E-state index in [1.165, 1.54) is 0 Å². The molecule has 3 nitrogen and oxygen atoms in total. The highest BCUT2D eigenvalue weighted by atomic mass is 15.2. The van der Waals surface area contributed by atoms with E-state index in [0.29, 0.717) is 0 Å². The number of rotatable bonds is 1. The molecule has 0 aliphatic heterocycles. The van der Waals surface area contributed by atoms with Crippen molar-refractivity contribution in [2.45, 2.75) is 6.92 Å². The van der Waals surface area contributed by atoms with Gasteiger partial charge in [-0.1, -0.05) is 30.3 Å². The van der Waals surface area contributed by atoms with Crippen LogP contribution in [0, 0.1) is 6.92 Å². The molecular formula is C10H9N3. The molecule has 2 rings (SSSR count). The topological polar surface area (TPSA) is 51.0 Å². The van der Waals surface area contributed by atoms with Crippen LogP contribution in [0.25, 0.3) is 11.1 Å². The minimum atomic E-state index is 0.128. The quantitative estimate of drug-likeness (QED) is 0.701. The molecule has 0 unspecified atom stereocenters. The number of aryl methyl sites for hydroxylation is 1. The molecule has 0 spiro atoms. The fourth-order valence-corrected chi connectivity index (χ4v) is 1.37. The Labute approximate surface area is 76.6 Å². The van der Waals surface area contributed by atoms with Gasteiger partial charge in [0.2, 0.25) is 0 Å². The van der Waals surface area contributed by atoms with Crippen molar-refractivity contribution in [1.29, 1.82) is 0 Å². The molecule has 1 aromatic heterocycles. The Morgan fingerprint density at radius 2 is 1.92 bits per heavy atom. The van der Waals surface area contributed by atoms with Crippen molar-refractivity contribution in [2.75, 3.05) is 0 Å². The number of nitrogens with one attached hydrogen (secondary N) is 1. The van der Waals surface area contributed by atoms with E-state index >= 15 is 0 Å². The van der Waals surface area contributed by atoms with E-state index in [0.717, 1.165) is 16.8 Å². The molecule has 0 atom stereocenters. The molecule has 0 aliphatic rings. The van der Waals surface area contributed by atoms with Crippen LogP contribution >= 0.6 is 0 Å². The van der Waals surface area contributed by atoms with Gasteiger partial charge in [-0.05, 0) is 12.5 Å². The summed E-state index contributed by atoms with van der Waals surface area (Å²) in [6.07, 6.45) is 0. The van der Waals surface area contributed by atoms with E-state index in [4.69, 9.17) is 0 Å². The van der Waals surface area contributed by atoms with Gasteiger partial charge in [0, 0.05) is 0 Å². The van der Waals surface area contributed by atoms with Gasteiger partial charge in [-0.15, -0.1) is 5.73 Å². The van der Waals surface area contributed by atoms with Crippen molar-refractivity contribution in [3.63, 3.8) is 0 Å². The van der Waals surface area contributed by atoms with E-state index < -0.39 is 0 Å². The first-order valence-electron chi connectivity index (χ1n) is 4.08. The van der Waals surface area contributed by atoms with Gasteiger partial charge in [0.05, 0.1) is 11.3 Å². The summed E-state index contributed by atoms with van der Waals surface area (Å²) in [5.41, 5.74) is 12.0. The van der Waals surface area contributed by atoms with Crippen molar-refractivity contribution < 1.29 is 0 Å². The molecule has 64 valence electrons. The van der Waals surface area contributed by atoms with E-state index in [1.54, 1.807) is 0 Å². The number of hydrogen-bond acceptors (Lipinski definition) is 1. The standard InChI is InChI=1S/C10H9N3/c1-7-9(10(11)13-12-7)8-5-3-2-4-6-8/h2-6H,1H3,(H,12,13). The summed E-state index contributed by atoms with van der Waals surface area (Å²) >= 11 is 0. The maximum Gasteiger partial charge on any atom is 0.178 e. The molecule has 3 heteroatoms. The molecule has 2 radical (unpaired) electrons. The summed E-state index contributed by atoms with van der Waals surface area (Å²) in [7, 11) is 0. The molecule has 0 fully saturated rings. The van der Waals surface area contributed by atoms with Crippen LogP contribution in [-0.4, -0.2) is 10.2 Å². The third-order valence-electron chi connectivity index (χ3n) is 1.99. The van der Waals surface area contributed by atoms with Gasteiger partial charge in [0.1, 0.15) is 0 Å². The molecule has 1 N–H and O–H groups in total. The summed E-state index contributed by atoms with van der Waals surface area (Å²) < 4.78 is 0. The second-order valence-electron chi connectivity index (χ2n) is 2.90. The Bertz CT molecular complexity index is 384. The predicted octanol–water partition coefficient (Wildman–Crippen LogP) is 2.09. The Hall–Kier alpha value is -1.77. The first-order valence-corrected chi connectivity index (χ1v) is 4.08. The largest absolute Gasteiger partial charge is 0.259 e. The highest BCUT2D eigenvalue weighted by Crippen LogP contribution is 2.27. The lowest BCUT2D eigenvalue weighted by Crippen LogP contribution is -1.79. The molecule has 0 aliphatic carbocycles. The van der Waals surface area contributed by atoms with Crippen molar-refractivity contribution in [1.82, 2.24) is 15.9 Å². The van der Waals surface area contributed by atoms with Crippen LogP contribution in [0.4, 0.5) is 5.82 Å². The average molecular weight is 171 g/mol. The molecule has 0 bridgehead atoms. The van der Waals surface area contributed by atoms with Gasteiger partial charge in [-0.2, -0.15) is 5.10 Å². The highest BCUT2D eigenvalue weighted by molar-refractivity contribution is 5.74. The number of nitrogens with zero attached hydrogens (tertiary/aromatic N) is 2. The van der Waals surface area contributed by atoms with Crippen molar-refractivity contribution in [2.24, 2.45) is 0 Å². The number of aromatic nitrogens is 2. The molecule has 0 amide bonds. The lowest BCUT2D eigenvalue weighted by molar-refractivity contribution is 1.04. The van der Waals surface area contributed by atoms with Gasteiger partial charge in [-0.3, -0.25) is 5.10 Å². The minimum absolute atomic E-state index is 0.128. The number of hydrogen-bond donors (Lipinski definition) is 1. The zero-order valence-electron chi connectivity index (χ0n) is 7.28. The summed E-state index contributed by atoms with van der Waals surface area (Å²) in [5, 5.41) is 6.46. The van der Waals surface area contributed by atoms with E-state index in [9.17, 15) is 5.73 Å². The third-order valence-corrected chi connectivity index (χ3v) is 1.99. The van der Waals surface area contributed by atoms with Crippen LogP contribution in [0.5, 0.6) is 0 Å². The van der Waals surface area contributed by atoms with Gasteiger partial charge >= 0.3 is 0 Å². The molecule has 0 saturated carbocycles. The maximum atomic E-state index is 9.47. The van der Waals surface area contributed by atoms with E-state index in [1.807, 2.05) is 37.3 Å². The van der Waals surface area contributed by atoms with Crippen molar-refractivity contribution in [3.8, 4) is 11.1 Å². The molecule has 13 heavy (non-hydrogen) atoms. The second kappa shape index (κ2) is 2.94. The van der Waals surface area contributed by atoms with Crippen LogP contribution in [0.1, 0.15) is 5.69 Å². The highest BCUT2D eigenvalue weighted by Gasteiger charge is 2.09. The summed E-state index contributed by atoms with van der Waals surface area (Å²) in [4.78, 5) is 0. The predicted molar refractivity (Wildman–Crippen MR) is 50.6 cm³/mol. The molecule has 1 aromatic carbocycles. The van der Waals surface area contributed by atoms with E-state index in [-0.39, 0.29) is 5.82 Å². The Morgan fingerprint density at radius 3 is 2.46 bits per heavy atom. The van der Waals surface area contributed by atoms with Crippen LogP contribution in [0.2, 0.25) is 0 Å². The van der Waals surface area contributed by atoms with Crippen LogP contribution in [0.15, 0.2) is 30.3 Å². The van der Waals surface area contributed by atoms with Crippen LogP contribution in [-0.2, 0) is 0 Å². The van der Waals surface area contributed by atoms with Crippen molar-refractivity contribution in [3.05, 3.63) is 36.0 Å². The zero-order valence-corrected chi connectivity index (χ0v) is 7.28. The Kier molecular flexibility index (Phi) is 1.77. The first kappa shape index (κ1) is 7.86. The van der Waals surface area contributed by atoms with Gasteiger partial charge in [0.15, 0.2) is 5.82 Å². The van der Waals surface area contributed by atoms with E-state index in [2.05, 4.69) is 10.2 Å². The monoisotopic (exact) mass is 171 g/mol. The molecule has 2 aromatic rings. The summed E-state index contributed by atoms with van der Waals surface area (Å²) in [6.45, 7) is 1.86. The first-order chi connectivity index (χ1) is 6.29. The normalized spacial score (nSPS) is 10.2. The second-order valence-corrected chi connectivity index (χ2v) is 2.90. The van der Waals surface area contributed by atoms with Gasteiger partial charge < -0.3 is 0 Å². The minimum Gasteiger partial charge on any atom is -0.259 e. The fourth-order valence-electron chi connectivity index (χ4n) is 1.37. The smallest absolute Gasteiger partial charge is 0.178 e. The maximum absolute atomic E-state index is 9.47. The summed E-state index contributed by atoms with van der Waals surface area (Å²) in [6, 6.07) is 9.69. The van der Waals surface area contributed by atoms with Crippen LogP contribution < -0.4 is 5.73 Å². The molecular weight excluding hydrogens is 162 g/mol. The molecule has 0 saturated heterocycles. The Balaban J connectivity index is 2.59. The fraction of sp³-hybridized carbons (Fsp3) is 0.100. The zero-order chi connectivity index (χ0) is 9.26. The van der Waals surface area contributed by atoms with Crippen molar-refractivity contribution >= 4 is 5.82 Å². The SMILES string of the molecule is Cc1n[nH]c([N])c1-c1ccccc1. The third kappa shape index (κ3) is 1.28. The Morgan fingerprint density at radius 1 is 1.23 bits per heavy atom. The number of benzene rings is 1. The van der Waals surface area contributed by atoms with Gasteiger partial charge in [-0.25, -0.2) is 0 Å². The molecule has 1 heterocycles. The number of H-pyrrole nitrogens is 1. The summed E-state index contributed by atoms with van der Waals surface area (Å²) in [5.74, 6) is 0.128.